The summed E-state index contributed by atoms with van der Waals surface area (Å²) < 4.78 is 2.00. The van der Waals surface area contributed by atoms with E-state index in [2.05, 4.69) is 10.4 Å². The number of fused-ring (bicyclic) bond motifs is 1. The standard InChI is InChI=1S/C16H17Cl2N3O/c17-12-5-6-13(14(18)9-12)16(22)19-7-8-21-15-4-2-1-3-11(15)10-20-21/h5-6,9-10H,1-4,7-8H2,(H,19,22). The molecule has 1 amide bonds. The van der Waals surface area contributed by atoms with Gasteiger partial charge in [0.25, 0.3) is 5.91 Å². The van der Waals surface area contributed by atoms with Crippen LogP contribution in [0.2, 0.25) is 10.0 Å². The van der Waals surface area contributed by atoms with Crippen LogP contribution in [-0.2, 0) is 19.4 Å². The summed E-state index contributed by atoms with van der Waals surface area (Å²) in [7, 11) is 0. The van der Waals surface area contributed by atoms with Gasteiger partial charge >= 0.3 is 0 Å². The number of rotatable bonds is 4. The first-order chi connectivity index (χ1) is 10.6. The van der Waals surface area contributed by atoms with Crippen molar-refractivity contribution in [3.8, 4) is 0 Å². The molecule has 0 atom stereocenters. The van der Waals surface area contributed by atoms with E-state index in [-0.39, 0.29) is 5.91 Å². The predicted octanol–water partition coefficient (Wildman–Crippen LogP) is 3.50. The van der Waals surface area contributed by atoms with Crippen molar-refractivity contribution in [2.24, 2.45) is 0 Å². The van der Waals surface area contributed by atoms with E-state index in [0.29, 0.717) is 28.7 Å². The van der Waals surface area contributed by atoms with Crippen LogP contribution < -0.4 is 5.32 Å². The van der Waals surface area contributed by atoms with Crippen molar-refractivity contribution in [3.05, 3.63) is 51.3 Å². The van der Waals surface area contributed by atoms with Crippen molar-refractivity contribution in [2.45, 2.75) is 32.2 Å². The molecule has 4 nitrogen and oxygen atoms in total. The Labute approximate surface area is 139 Å². The maximum Gasteiger partial charge on any atom is 0.252 e. The summed E-state index contributed by atoms with van der Waals surface area (Å²) in [6.45, 7) is 1.19. The molecule has 3 rings (SSSR count). The fourth-order valence-electron chi connectivity index (χ4n) is 2.79. The minimum atomic E-state index is -0.192. The normalized spacial score (nSPS) is 13.7. The van der Waals surface area contributed by atoms with Crippen molar-refractivity contribution < 1.29 is 4.79 Å². The number of carbonyl (C=O) groups is 1. The van der Waals surface area contributed by atoms with Crippen LogP contribution in [0.4, 0.5) is 0 Å². The zero-order valence-electron chi connectivity index (χ0n) is 12.1. The topological polar surface area (TPSA) is 46.9 Å². The molecule has 1 aromatic heterocycles. The van der Waals surface area contributed by atoms with Gasteiger partial charge in [0, 0.05) is 17.3 Å². The highest BCUT2D eigenvalue weighted by atomic mass is 35.5. The molecule has 0 fully saturated rings. The van der Waals surface area contributed by atoms with Crippen LogP contribution in [-0.4, -0.2) is 22.2 Å². The number of aromatic nitrogens is 2. The smallest absolute Gasteiger partial charge is 0.252 e. The van der Waals surface area contributed by atoms with Gasteiger partial charge in [-0.1, -0.05) is 23.2 Å². The molecule has 0 bridgehead atoms. The van der Waals surface area contributed by atoms with E-state index in [1.807, 2.05) is 10.9 Å². The van der Waals surface area contributed by atoms with Gasteiger partial charge in [0.2, 0.25) is 0 Å². The first-order valence-electron chi connectivity index (χ1n) is 7.42. The largest absolute Gasteiger partial charge is 0.350 e. The highest BCUT2D eigenvalue weighted by molar-refractivity contribution is 6.36. The number of carbonyl (C=O) groups excluding carboxylic acids is 1. The van der Waals surface area contributed by atoms with E-state index in [0.717, 1.165) is 12.8 Å². The number of nitrogens with one attached hydrogen (secondary N) is 1. The molecule has 0 spiro atoms. The van der Waals surface area contributed by atoms with Gasteiger partial charge in [0.1, 0.15) is 0 Å². The molecule has 0 radical (unpaired) electrons. The van der Waals surface area contributed by atoms with Crippen LogP contribution in [0, 0.1) is 0 Å². The van der Waals surface area contributed by atoms with E-state index < -0.39 is 0 Å². The monoisotopic (exact) mass is 337 g/mol. The third kappa shape index (κ3) is 3.28. The number of hydrogen-bond acceptors (Lipinski definition) is 2. The van der Waals surface area contributed by atoms with Crippen LogP contribution in [0.25, 0.3) is 0 Å². The van der Waals surface area contributed by atoms with Gasteiger partial charge in [-0.05, 0) is 49.4 Å². The molecular weight excluding hydrogens is 321 g/mol. The van der Waals surface area contributed by atoms with Crippen LogP contribution >= 0.6 is 23.2 Å². The van der Waals surface area contributed by atoms with Gasteiger partial charge in [0.05, 0.1) is 23.3 Å². The summed E-state index contributed by atoms with van der Waals surface area (Å²) in [4.78, 5) is 12.1. The Morgan fingerprint density at radius 1 is 1.27 bits per heavy atom. The maximum absolute atomic E-state index is 12.1. The van der Waals surface area contributed by atoms with Crippen LogP contribution in [0.5, 0.6) is 0 Å². The van der Waals surface area contributed by atoms with Gasteiger partial charge in [0.15, 0.2) is 0 Å². The molecule has 116 valence electrons. The molecule has 1 heterocycles. The minimum absolute atomic E-state index is 0.192. The first kappa shape index (κ1) is 15.4. The lowest BCUT2D eigenvalue weighted by Gasteiger charge is -2.14. The number of aryl methyl sites for hydroxylation is 1. The van der Waals surface area contributed by atoms with Crippen molar-refractivity contribution in [3.63, 3.8) is 0 Å². The van der Waals surface area contributed by atoms with Gasteiger partial charge in [-0.15, -0.1) is 0 Å². The van der Waals surface area contributed by atoms with E-state index >= 15 is 0 Å². The lowest BCUT2D eigenvalue weighted by molar-refractivity contribution is 0.0952. The van der Waals surface area contributed by atoms with Crippen molar-refractivity contribution in [1.29, 1.82) is 0 Å². The summed E-state index contributed by atoms with van der Waals surface area (Å²) in [6.07, 6.45) is 6.59. The van der Waals surface area contributed by atoms with E-state index in [9.17, 15) is 4.79 Å². The molecule has 22 heavy (non-hydrogen) atoms. The Kier molecular flexibility index (Phi) is 4.69. The average Bonchev–Trinajstić information content (AvgIpc) is 2.90. The third-order valence-electron chi connectivity index (χ3n) is 3.93. The van der Waals surface area contributed by atoms with E-state index in [1.54, 1.807) is 18.2 Å². The summed E-state index contributed by atoms with van der Waals surface area (Å²) >= 11 is 11.9. The minimum Gasteiger partial charge on any atom is -0.350 e. The van der Waals surface area contributed by atoms with Crippen LogP contribution in [0.3, 0.4) is 0 Å². The van der Waals surface area contributed by atoms with E-state index in [4.69, 9.17) is 23.2 Å². The molecule has 6 heteroatoms. The fraction of sp³-hybridized carbons (Fsp3) is 0.375. The number of nitrogens with zero attached hydrogens (tertiary/aromatic N) is 2. The molecule has 1 aromatic carbocycles. The highest BCUT2D eigenvalue weighted by Crippen LogP contribution is 2.21. The molecule has 0 saturated heterocycles. The number of amides is 1. The van der Waals surface area contributed by atoms with Gasteiger partial charge in [-0.25, -0.2) is 0 Å². The van der Waals surface area contributed by atoms with Gasteiger partial charge < -0.3 is 5.32 Å². The van der Waals surface area contributed by atoms with Crippen molar-refractivity contribution in [2.75, 3.05) is 6.54 Å². The number of halogens is 2. The lowest BCUT2D eigenvalue weighted by atomic mass is 9.98. The molecule has 1 aliphatic carbocycles. The number of benzene rings is 1. The fourth-order valence-corrected chi connectivity index (χ4v) is 3.29. The van der Waals surface area contributed by atoms with E-state index in [1.165, 1.54) is 24.1 Å². The average molecular weight is 338 g/mol. The zero-order chi connectivity index (χ0) is 15.5. The number of hydrogen-bond donors (Lipinski definition) is 1. The molecule has 2 aromatic rings. The summed E-state index contributed by atoms with van der Waals surface area (Å²) in [5.41, 5.74) is 3.09. The first-order valence-corrected chi connectivity index (χ1v) is 8.17. The van der Waals surface area contributed by atoms with Gasteiger partial charge in [-0.2, -0.15) is 5.10 Å². The Hall–Kier alpha value is -1.52. The van der Waals surface area contributed by atoms with Crippen molar-refractivity contribution in [1.82, 2.24) is 15.1 Å². The van der Waals surface area contributed by atoms with Crippen LogP contribution in [0.1, 0.15) is 34.5 Å². The second-order valence-electron chi connectivity index (χ2n) is 5.43. The Morgan fingerprint density at radius 2 is 2.09 bits per heavy atom. The molecule has 0 saturated carbocycles. The molecular formula is C16H17Cl2N3O. The predicted molar refractivity (Wildman–Crippen MR) is 87.7 cm³/mol. The summed E-state index contributed by atoms with van der Waals surface area (Å²) in [5, 5.41) is 8.18. The Morgan fingerprint density at radius 3 is 2.91 bits per heavy atom. The molecule has 1 N–H and O–H groups in total. The molecule has 0 aliphatic heterocycles. The Bertz CT molecular complexity index is 697. The molecule has 1 aliphatic rings. The second-order valence-corrected chi connectivity index (χ2v) is 6.27. The lowest BCUT2D eigenvalue weighted by Crippen LogP contribution is -2.28. The SMILES string of the molecule is O=C(NCCn1ncc2c1CCCC2)c1ccc(Cl)cc1Cl. The summed E-state index contributed by atoms with van der Waals surface area (Å²) in [6, 6.07) is 4.86. The van der Waals surface area contributed by atoms with Crippen LogP contribution in [0.15, 0.2) is 24.4 Å². The summed E-state index contributed by atoms with van der Waals surface area (Å²) in [5.74, 6) is -0.192. The molecule has 0 unspecified atom stereocenters. The highest BCUT2D eigenvalue weighted by Gasteiger charge is 2.15. The van der Waals surface area contributed by atoms with Gasteiger partial charge in [-0.3, -0.25) is 9.48 Å². The zero-order valence-corrected chi connectivity index (χ0v) is 13.6. The second kappa shape index (κ2) is 6.71. The Balaban J connectivity index is 1.59. The maximum atomic E-state index is 12.1. The van der Waals surface area contributed by atoms with Crippen molar-refractivity contribution >= 4 is 29.1 Å². The quantitative estimate of drug-likeness (QED) is 0.928. The third-order valence-corrected chi connectivity index (χ3v) is 4.48.